The summed E-state index contributed by atoms with van der Waals surface area (Å²) in [5, 5.41) is 12.9. The second kappa shape index (κ2) is 6.36. The highest BCUT2D eigenvalue weighted by Gasteiger charge is 2.32. The largest absolute Gasteiger partial charge is 0.388 e. The van der Waals surface area contributed by atoms with Gasteiger partial charge in [0.15, 0.2) is 0 Å². The SMILES string of the molecule is CCCC(C)(O)CNC(=O)C1CCCC1CN. The topological polar surface area (TPSA) is 75.3 Å². The Bertz CT molecular complexity index is 254. The second-order valence-corrected chi connectivity index (χ2v) is 5.50. The molecule has 100 valence electrons. The van der Waals surface area contributed by atoms with Crippen LogP contribution in [0.15, 0.2) is 0 Å². The van der Waals surface area contributed by atoms with Crippen molar-refractivity contribution in [1.82, 2.24) is 5.32 Å². The molecule has 0 aliphatic heterocycles. The van der Waals surface area contributed by atoms with Gasteiger partial charge < -0.3 is 16.2 Å². The van der Waals surface area contributed by atoms with Crippen LogP contribution in [0.2, 0.25) is 0 Å². The van der Waals surface area contributed by atoms with Crippen LogP contribution in [0.3, 0.4) is 0 Å². The molecule has 1 aliphatic carbocycles. The Morgan fingerprint density at radius 1 is 1.53 bits per heavy atom. The Morgan fingerprint density at radius 2 is 2.24 bits per heavy atom. The van der Waals surface area contributed by atoms with Gasteiger partial charge in [0.05, 0.1) is 5.60 Å². The van der Waals surface area contributed by atoms with Crippen LogP contribution in [-0.4, -0.2) is 29.7 Å². The highest BCUT2D eigenvalue weighted by Crippen LogP contribution is 2.31. The first-order valence-corrected chi connectivity index (χ1v) is 6.70. The predicted molar refractivity (Wildman–Crippen MR) is 68.4 cm³/mol. The molecule has 0 saturated heterocycles. The molecule has 0 heterocycles. The molecule has 3 unspecified atom stereocenters. The molecule has 0 aromatic carbocycles. The Morgan fingerprint density at radius 3 is 2.82 bits per heavy atom. The lowest BCUT2D eigenvalue weighted by Gasteiger charge is -2.25. The number of carbonyl (C=O) groups excluding carboxylic acids is 1. The van der Waals surface area contributed by atoms with Crippen LogP contribution in [0.5, 0.6) is 0 Å². The summed E-state index contributed by atoms with van der Waals surface area (Å²) >= 11 is 0. The molecule has 4 nitrogen and oxygen atoms in total. The van der Waals surface area contributed by atoms with E-state index in [-0.39, 0.29) is 11.8 Å². The first-order valence-electron chi connectivity index (χ1n) is 6.70. The molecule has 1 fully saturated rings. The highest BCUT2D eigenvalue weighted by atomic mass is 16.3. The average molecular weight is 242 g/mol. The van der Waals surface area contributed by atoms with Crippen LogP contribution in [0.4, 0.5) is 0 Å². The fourth-order valence-corrected chi connectivity index (χ4v) is 2.70. The molecule has 0 bridgehead atoms. The monoisotopic (exact) mass is 242 g/mol. The van der Waals surface area contributed by atoms with Crippen molar-refractivity contribution < 1.29 is 9.90 Å². The molecule has 1 rings (SSSR count). The molecular weight excluding hydrogens is 216 g/mol. The zero-order valence-corrected chi connectivity index (χ0v) is 11.0. The molecular formula is C13H26N2O2. The van der Waals surface area contributed by atoms with Crippen molar-refractivity contribution in [3.63, 3.8) is 0 Å². The van der Waals surface area contributed by atoms with Gasteiger partial charge >= 0.3 is 0 Å². The van der Waals surface area contributed by atoms with Crippen molar-refractivity contribution in [3.8, 4) is 0 Å². The fraction of sp³-hybridized carbons (Fsp3) is 0.923. The molecule has 4 N–H and O–H groups in total. The summed E-state index contributed by atoms with van der Waals surface area (Å²) in [5.41, 5.74) is 4.87. The Hall–Kier alpha value is -0.610. The van der Waals surface area contributed by atoms with E-state index in [1.165, 1.54) is 0 Å². The minimum atomic E-state index is -0.790. The van der Waals surface area contributed by atoms with Gasteiger partial charge in [-0.2, -0.15) is 0 Å². The first-order chi connectivity index (χ1) is 8.00. The van der Waals surface area contributed by atoms with Gasteiger partial charge in [-0.05, 0) is 38.6 Å². The number of hydrogen-bond donors (Lipinski definition) is 3. The van der Waals surface area contributed by atoms with E-state index in [4.69, 9.17) is 5.73 Å². The van der Waals surface area contributed by atoms with Gasteiger partial charge in [0.25, 0.3) is 0 Å². The van der Waals surface area contributed by atoms with Crippen LogP contribution in [0.25, 0.3) is 0 Å². The Kier molecular flexibility index (Phi) is 5.40. The predicted octanol–water partition coefficient (Wildman–Crippen LogP) is 1.03. The number of amides is 1. The summed E-state index contributed by atoms with van der Waals surface area (Å²) in [4.78, 5) is 12.0. The van der Waals surface area contributed by atoms with E-state index >= 15 is 0 Å². The fourth-order valence-electron chi connectivity index (χ4n) is 2.70. The molecule has 0 radical (unpaired) electrons. The van der Waals surface area contributed by atoms with Gasteiger partial charge in [-0.3, -0.25) is 4.79 Å². The number of nitrogens with one attached hydrogen (secondary N) is 1. The van der Waals surface area contributed by atoms with E-state index < -0.39 is 5.60 Å². The molecule has 0 aromatic rings. The van der Waals surface area contributed by atoms with Crippen molar-refractivity contribution in [2.75, 3.05) is 13.1 Å². The third-order valence-electron chi connectivity index (χ3n) is 3.73. The minimum Gasteiger partial charge on any atom is -0.388 e. The number of aliphatic hydroxyl groups is 1. The summed E-state index contributed by atoms with van der Waals surface area (Å²) in [6.45, 7) is 4.72. The molecule has 1 aliphatic rings. The summed E-state index contributed by atoms with van der Waals surface area (Å²) < 4.78 is 0. The van der Waals surface area contributed by atoms with Crippen molar-refractivity contribution in [1.29, 1.82) is 0 Å². The first kappa shape index (κ1) is 14.5. The number of hydrogen-bond acceptors (Lipinski definition) is 3. The van der Waals surface area contributed by atoms with Crippen LogP contribution >= 0.6 is 0 Å². The van der Waals surface area contributed by atoms with Gasteiger partial charge in [0, 0.05) is 12.5 Å². The molecule has 1 saturated carbocycles. The third-order valence-corrected chi connectivity index (χ3v) is 3.73. The summed E-state index contributed by atoms with van der Waals surface area (Å²) in [6, 6.07) is 0. The number of rotatable bonds is 6. The maximum atomic E-state index is 12.0. The van der Waals surface area contributed by atoms with Gasteiger partial charge in [0.2, 0.25) is 5.91 Å². The number of nitrogens with two attached hydrogens (primary N) is 1. The average Bonchev–Trinajstić information content (AvgIpc) is 2.74. The van der Waals surface area contributed by atoms with Crippen molar-refractivity contribution in [3.05, 3.63) is 0 Å². The summed E-state index contributed by atoms with van der Waals surface area (Å²) in [6.07, 6.45) is 4.70. The molecule has 1 amide bonds. The van der Waals surface area contributed by atoms with Crippen molar-refractivity contribution in [2.45, 2.75) is 51.6 Å². The zero-order valence-electron chi connectivity index (χ0n) is 11.0. The second-order valence-electron chi connectivity index (χ2n) is 5.50. The molecule has 17 heavy (non-hydrogen) atoms. The molecule has 0 aromatic heterocycles. The lowest BCUT2D eigenvalue weighted by molar-refractivity contribution is -0.127. The van der Waals surface area contributed by atoms with E-state index in [1.54, 1.807) is 6.92 Å². The summed E-state index contributed by atoms with van der Waals surface area (Å²) in [5.74, 6) is 0.442. The third kappa shape index (κ3) is 4.28. The van der Waals surface area contributed by atoms with Crippen LogP contribution < -0.4 is 11.1 Å². The van der Waals surface area contributed by atoms with Gasteiger partial charge in [-0.15, -0.1) is 0 Å². The minimum absolute atomic E-state index is 0.0532. The lowest BCUT2D eigenvalue weighted by Crippen LogP contribution is -2.44. The van der Waals surface area contributed by atoms with Crippen LogP contribution in [0, 0.1) is 11.8 Å². The van der Waals surface area contributed by atoms with Crippen LogP contribution in [0.1, 0.15) is 46.0 Å². The Labute approximate surface area is 104 Å². The van der Waals surface area contributed by atoms with Crippen molar-refractivity contribution in [2.24, 2.45) is 17.6 Å². The van der Waals surface area contributed by atoms with Gasteiger partial charge in [-0.1, -0.05) is 19.8 Å². The zero-order chi connectivity index (χ0) is 12.9. The lowest BCUT2D eigenvalue weighted by atomic mass is 9.94. The van der Waals surface area contributed by atoms with E-state index in [9.17, 15) is 9.90 Å². The molecule has 3 atom stereocenters. The maximum absolute atomic E-state index is 12.0. The molecule has 0 spiro atoms. The van der Waals surface area contributed by atoms with E-state index in [2.05, 4.69) is 5.32 Å². The van der Waals surface area contributed by atoms with E-state index in [1.807, 2.05) is 6.92 Å². The number of carbonyl (C=O) groups is 1. The highest BCUT2D eigenvalue weighted by molar-refractivity contribution is 5.79. The Balaban J connectivity index is 2.39. The quantitative estimate of drug-likeness (QED) is 0.651. The maximum Gasteiger partial charge on any atom is 0.223 e. The van der Waals surface area contributed by atoms with E-state index in [0.717, 1.165) is 25.7 Å². The normalized spacial score (nSPS) is 27.8. The van der Waals surface area contributed by atoms with Gasteiger partial charge in [0.1, 0.15) is 0 Å². The molecule has 4 heteroatoms. The smallest absolute Gasteiger partial charge is 0.223 e. The van der Waals surface area contributed by atoms with Crippen molar-refractivity contribution >= 4 is 5.91 Å². The van der Waals surface area contributed by atoms with E-state index in [0.29, 0.717) is 25.4 Å². The standard InChI is InChI=1S/C13H26N2O2/c1-3-7-13(2,17)9-15-12(16)11-6-4-5-10(11)8-14/h10-11,17H,3-9,14H2,1-2H3,(H,15,16). The van der Waals surface area contributed by atoms with Crippen LogP contribution in [-0.2, 0) is 4.79 Å². The van der Waals surface area contributed by atoms with Gasteiger partial charge in [-0.25, -0.2) is 0 Å². The summed E-state index contributed by atoms with van der Waals surface area (Å²) in [7, 11) is 0.